The molecule has 0 aliphatic carbocycles. The van der Waals surface area contributed by atoms with Crippen LogP contribution in [-0.2, 0) is 9.59 Å². The predicted octanol–water partition coefficient (Wildman–Crippen LogP) is 1.08. The molecule has 5 heteroatoms. The fraction of sp³-hybridized carbons (Fsp3) is 0.833. The van der Waals surface area contributed by atoms with E-state index < -0.39 is 23.4 Å². The van der Waals surface area contributed by atoms with Gasteiger partial charge in [0.25, 0.3) is 0 Å². The van der Waals surface area contributed by atoms with Crippen LogP contribution < -0.4 is 5.73 Å². The van der Waals surface area contributed by atoms with E-state index in [1.165, 1.54) is 6.92 Å². The maximum absolute atomic E-state index is 11.7. The molecular weight excluding hydrogens is 222 g/mol. The first-order valence-electron chi connectivity index (χ1n) is 6.11. The number of aliphatic hydroxyl groups is 1. The lowest BCUT2D eigenvalue weighted by molar-refractivity contribution is -0.153. The highest BCUT2D eigenvalue weighted by atomic mass is 16.4. The van der Waals surface area contributed by atoms with E-state index in [-0.39, 0.29) is 6.42 Å². The average molecular weight is 245 g/mol. The van der Waals surface area contributed by atoms with E-state index in [1.54, 1.807) is 0 Å². The molecule has 100 valence electrons. The van der Waals surface area contributed by atoms with Crippen LogP contribution in [0.1, 0.15) is 52.4 Å². The van der Waals surface area contributed by atoms with Gasteiger partial charge < -0.3 is 15.9 Å². The minimum atomic E-state index is -2.16. The maximum atomic E-state index is 11.7. The van der Waals surface area contributed by atoms with E-state index in [0.717, 1.165) is 25.7 Å². The molecule has 0 aliphatic rings. The normalized spacial score (nSPS) is 16.2. The number of rotatable bonds is 9. The quantitative estimate of drug-likeness (QED) is 0.417. The van der Waals surface area contributed by atoms with Crippen molar-refractivity contribution in [2.45, 2.75) is 64.0 Å². The predicted molar refractivity (Wildman–Crippen MR) is 64.6 cm³/mol. The van der Waals surface area contributed by atoms with Gasteiger partial charge in [-0.05, 0) is 13.3 Å². The number of Topliss-reactive ketones (excluding diaryl/α,β-unsaturated/α-hetero) is 1. The second kappa shape index (κ2) is 7.40. The number of aliphatic hydroxyl groups excluding tert-OH is 1. The zero-order valence-corrected chi connectivity index (χ0v) is 10.6. The zero-order valence-electron chi connectivity index (χ0n) is 10.6. The molecule has 0 heterocycles. The number of aliphatic carboxylic acids is 1. The van der Waals surface area contributed by atoms with Gasteiger partial charge in [0.15, 0.2) is 11.3 Å². The van der Waals surface area contributed by atoms with Crippen LogP contribution in [0.15, 0.2) is 0 Å². The van der Waals surface area contributed by atoms with Gasteiger partial charge in [0.2, 0.25) is 0 Å². The number of ketones is 1. The van der Waals surface area contributed by atoms with Gasteiger partial charge in [0.1, 0.15) is 0 Å². The standard InChI is InChI=1S/C12H23NO4/c1-3-4-5-6-7-8-10(15)12(13,9(2)14)11(16)17/h9,14H,3-8,13H2,1-2H3,(H,16,17)/t9?,12-/m0/s1. The van der Waals surface area contributed by atoms with Crippen molar-refractivity contribution in [3.05, 3.63) is 0 Å². The monoisotopic (exact) mass is 245 g/mol. The van der Waals surface area contributed by atoms with Crippen molar-refractivity contribution < 1.29 is 19.8 Å². The third kappa shape index (κ3) is 4.44. The molecular formula is C12H23NO4. The molecule has 0 spiro atoms. The average Bonchev–Trinajstić information content (AvgIpc) is 2.26. The van der Waals surface area contributed by atoms with Crippen molar-refractivity contribution in [3.8, 4) is 0 Å². The topological polar surface area (TPSA) is 101 Å². The first-order valence-corrected chi connectivity index (χ1v) is 6.11. The minimum Gasteiger partial charge on any atom is -0.479 e. The summed E-state index contributed by atoms with van der Waals surface area (Å²) in [4.78, 5) is 22.6. The van der Waals surface area contributed by atoms with Crippen molar-refractivity contribution in [3.63, 3.8) is 0 Å². The fourth-order valence-corrected chi connectivity index (χ4v) is 1.63. The largest absolute Gasteiger partial charge is 0.479 e. The van der Waals surface area contributed by atoms with Crippen molar-refractivity contribution in [1.29, 1.82) is 0 Å². The van der Waals surface area contributed by atoms with Crippen molar-refractivity contribution in [2.75, 3.05) is 0 Å². The van der Waals surface area contributed by atoms with Gasteiger partial charge in [-0.2, -0.15) is 0 Å². The molecule has 0 amide bonds. The van der Waals surface area contributed by atoms with Gasteiger partial charge in [-0.1, -0.05) is 32.6 Å². The summed E-state index contributed by atoms with van der Waals surface area (Å²) in [5, 5.41) is 18.2. The third-order valence-electron chi connectivity index (χ3n) is 2.98. The molecule has 2 atom stereocenters. The van der Waals surface area contributed by atoms with Crippen LogP contribution in [0.3, 0.4) is 0 Å². The molecule has 0 aromatic rings. The molecule has 0 aromatic carbocycles. The first kappa shape index (κ1) is 16.1. The second-order valence-electron chi connectivity index (χ2n) is 4.44. The van der Waals surface area contributed by atoms with Crippen LogP contribution in [0, 0.1) is 0 Å². The Morgan fingerprint density at radius 3 is 2.18 bits per heavy atom. The summed E-state index contributed by atoms with van der Waals surface area (Å²) < 4.78 is 0. The number of hydrogen-bond acceptors (Lipinski definition) is 4. The van der Waals surface area contributed by atoms with Crippen LogP contribution in [0.4, 0.5) is 0 Å². The summed E-state index contributed by atoms with van der Waals surface area (Å²) in [7, 11) is 0. The minimum absolute atomic E-state index is 0.109. The SMILES string of the molecule is CCCCCCCC(=O)[C@](N)(C(=O)O)C(C)O. The number of carbonyl (C=O) groups is 2. The van der Waals surface area contributed by atoms with Gasteiger partial charge in [-0.15, -0.1) is 0 Å². The van der Waals surface area contributed by atoms with Crippen LogP contribution in [0.5, 0.6) is 0 Å². The number of nitrogens with two attached hydrogens (primary N) is 1. The Bertz CT molecular complexity index is 265. The molecule has 0 aromatic heterocycles. The molecule has 0 aliphatic heterocycles. The Labute approximate surface area is 102 Å². The number of carboxylic acid groups (broad SMARTS) is 1. The van der Waals surface area contributed by atoms with Gasteiger partial charge in [-0.25, -0.2) is 4.79 Å². The summed E-state index contributed by atoms with van der Waals surface area (Å²) >= 11 is 0. The van der Waals surface area contributed by atoms with Gasteiger partial charge in [-0.3, -0.25) is 4.79 Å². The molecule has 17 heavy (non-hydrogen) atoms. The molecule has 0 fully saturated rings. The Kier molecular flexibility index (Phi) is 6.99. The van der Waals surface area contributed by atoms with Crippen molar-refractivity contribution >= 4 is 11.8 Å². The number of unbranched alkanes of at least 4 members (excludes halogenated alkanes) is 4. The molecule has 5 nitrogen and oxygen atoms in total. The van der Waals surface area contributed by atoms with Crippen LogP contribution >= 0.6 is 0 Å². The smallest absolute Gasteiger partial charge is 0.334 e. The van der Waals surface area contributed by atoms with Gasteiger partial charge in [0, 0.05) is 6.42 Å². The molecule has 0 saturated carbocycles. The summed E-state index contributed by atoms with van der Waals surface area (Å²) in [5.74, 6) is -2.07. The van der Waals surface area contributed by atoms with Crippen molar-refractivity contribution in [1.82, 2.24) is 0 Å². The summed E-state index contributed by atoms with van der Waals surface area (Å²) in [6.07, 6.45) is 3.48. The van der Waals surface area contributed by atoms with Crippen LogP contribution in [0.25, 0.3) is 0 Å². The molecule has 0 rings (SSSR count). The van der Waals surface area contributed by atoms with Crippen molar-refractivity contribution in [2.24, 2.45) is 5.73 Å². The zero-order chi connectivity index (χ0) is 13.5. The van der Waals surface area contributed by atoms with Crippen LogP contribution in [-0.4, -0.2) is 33.6 Å². The molecule has 0 radical (unpaired) electrons. The fourth-order valence-electron chi connectivity index (χ4n) is 1.63. The summed E-state index contributed by atoms with van der Waals surface area (Å²) in [6, 6.07) is 0. The Balaban J connectivity index is 4.22. The first-order chi connectivity index (χ1) is 7.87. The van der Waals surface area contributed by atoms with E-state index >= 15 is 0 Å². The van der Waals surface area contributed by atoms with Crippen LogP contribution in [0.2, 0.25) is 0 Å². The number of carboxylic acids is 1. The highest BCUT2D eigenvalue weighted by Crippen LogP contribution is 2.15. The third-order valence-corrected chi connectivity index (χ3v) is 2.98. The summed E-state index contributed by atoms with van der Waals surface area (Å²) in [6.45, 7) is 3.32. The molecule has 1 unspecified atom stereocenters. The lowest BCUT2D eigenvalue weighted by Gasteiger charge is -2.26. The Morgan fingerprint density at radius 2 is 1.76 bits per heavy atom. The summed E-state index contributed by atoms with van der Waals surface area (Å²) in [5.41, 5.74) is 3.31. The van der Waals surface area contributed by atoms with E-state index in [2.05, 4.69) is 6.92 Å². The highest BCUT2D eigenvalue weighted by molar-refractivity contribution is 6.08. The molecule has 0 bridgehead atoms. The lowest BCUT2D eigenvalue weighted by atomic mass is 9.86. The number of carbonyl (C=O) groups excluding carboxylic acids is 1. The van der Waals surface area contributed by atoms with E-state index in [0.29, 0.717) is 6.42 Å². The van der Waals surface area contributed by atoms with E-state index in [9.17, 15) is 14.7 Å². The lowest BCUT2D eigenvalue weighted by Crippen LogP contribution is -2.62. The van der Waals surface area contributed by atoms with Gasteiger partial charge in [0.05, 0.1) is 6.10 Å². The highest BCUT2D eigenvalue weighted by Gasteiger charge is 2.45. The Hall–Kier alpha value is -0.940. The number of hydrogen-bond donors (Lipinski definition) is 3. The molecule has 4 N–H and O–H groups in total. The van der Waals surface area contributed by atoms with Gasteiger partial charge >= 0.3 is 5.97 Å². The van der Waals surface area contributed by atoms with E-state index in [4.69, 9.17) is 10.8 Å². The molecule has 0 saturated heterocycles. The second-order valence-corrected chi connectivity index (χ2v) is 4.44. The Morgan fingerprint density at radius 1 is 1.24 bits per heavy atom. The van der Waals surface area contributed by atoms with E-state index in [1.807, 2.05) is 0 Å². The maximum Gasteiger partial charge on any atom is 0.334 e.